The Kier molecular flexibility index (Phi) is 5.11. The molecule has 0 amide bonds. The maximum absolute atomic E-state index is 10.3. The molecule has 7 nitrogen and oxygen atoms in total. The lowest BCUT2D eigenvalue weighted by atomic mass is 10.2. The third-order valence-corrected chi connectivity index (χ3v) is 3.96. The van der Waals surface area contributed by atoms with Crippen LogP contribution in [0.1, 0.15) is 19.8 Å². The average molecular weight is 345 g/mol. The zero-order chi connectivity index (χ0) is 14.5. The highest BCUT2D eigenvalue weighted by Gasteiger charge is 2.28. The van der Waals surface area contributed by atoms with Gasteiger partial charge in [-0.15, -0.1) is 0 Å². The van der Waals surface area contributed by atoms with Crippen molar-refractivity contribution in [3.05, 3.63) is 0 Å². The molecule has 2 unspecified atom stereocenters. The standard InChI is InChI=1S/C12H17BrN4O3/c1-8-10(13)5-14-12(15-8)17-6-9(7-17)16-20-4-2-3-11(18)19/h5,8,10H,2-4,6-7H2,1H3,(H,18,19). The lowest BCUT2D eigenvalue weighted by Crippen LogP contribution is -2.51. The molecule has 2 heterocycles. The summed E-state index contributed by atoms with van der Waals surface area (Å²) in [5.41, 5.74) is 0.923. The third kappa shape index (κ3) is 4.03. The molecule has 1 fully saturated rings. The van der Waals surface area contributed by atoms with E-state index in [2.05, 4.69) is 31.1 Å². The fourth-order valence-corrected chi connectivity index (χ4v) is 1.97. The van der Waals surface area contributed by atoms with Gasteiger partial charge in [0.25, 0.3) is 0 Å². The Morgan fingerprint density at radius 3 is 3.05 bits per heavy atom. The minimum atomic E-state index is -0.816. The molecular weight excluding hydrogens is 328 g/mol. The number of hydrogen-bond donors (Lipinski definition) is 1. The Morgan fingerprint density at radius 1 is 1.65 bits per heavy atom. The van der Waals surface area contributed by atoms with Gasteiger partial charge < -0.3 is 14.8 Å². The van der Waals surface area contributed by atoms with Crippen LogP contribution in [0.25, 0.3) is 0 Å². The second-order valence-electron chi connectivity index (χ2n) is 4.74. The number of halogens is 1. The number of carbonyl (C=O) groups is 1. The molecule has 2 atom stereocenters. The predicted octanol–water partition coefficient (Wildman–Crippen LogP) is 1.13. The molecule has 0 aromatic carbocycles. The number of aliphatic carboxylic acids is 1. The molecule has 1 N–H and O–H groups in total. The van der Waals surface area contributed by atoms with E-state index < -0.39 is 5.97 Å². The molecule has 0 aliphatic carbocycles. The van der Waals surface area contributed by atoms with Gasteiger partial charge in [-0.2, -0.15) is 0 Å². The molecule has 0 aromatic rings. The smallest absolute Gasteiger partial charge is 0.303 e. The summed E-state index contributed by atoms with van der Waals surface area (Å²) in [4.78, 5) is 26.4. The van der Waals surface area contributed by atoms with Crippen LogP contribution < -0.4 is 0 Å². The topological polar surface area (TPSA) is 86.8 Å². The third-order valence-electron chi connectivity index (χ3n) is 2.96. The number of nitrogens with zero attached hydrogens (tertiary/aromatic N) is 4. The summed E-state index contributed by atoms with van der Waals surface area (Å²) in [6, 6.07) is 0.177. The zero-order valence-corrected chi connectivity index (χ0v) is 12.8. The minimum absolute atomic E-state index is 0.105. The summed E-state index contributed by atoms with van der Waals surface area (Å²) >= 11 is 3.48. The highest BCUT2D eigenvalue weighted by Crippen LogP contribution is 2.16. The second kappa shape index (κ2) is 6.83. The van der Waals surface area contributed by atoms with E-state index in [1.807, 2.05) is 18.0 Å². The van der Waals surface area contributed by atoms with Gasteiger partial charge in [0.1, 0.15) is 6.61 Å². The van der Waals surface area contributed by atoms with Crippen molar-refractivity contribution < 1.29 is 14.7 Å². The highest BCUT2D eigenvalue weighted by atomic mass is 79.9. The van der Waals surface area contributed by atoms with E-state index >= 15 is 0 Å². The first kappa shape index (κ1) is 15.0. The number of aliphatic imine (C=N–C) groups is 2. The van der Waals surface area contributed by atoms with Crippen molar-refractivity contribution in [2.75, 3.05) is 19.7 Å². The maximum atomic E-state index is 10.3. The van der Waals surface area contributed by atoms with Crippen LogP contribution in [0, 0.1) is 0 Å². The van der Waals surface area contributed by atoms with Gasteiger partial charge in [-0.3, -0.25) is 4.79 Å². The van der Waals surface area contributed by atoms with Gasteiger partial charge in [-0.1, -0.05) is 21.1 Å². The number of hydrogen-bond acceptors (Lipinski definition) is 6. The van der Waals surface area contributed by atoms with Crippen LogP contribution in [-0.2, 0) is 9.63 Å². The molecule has 2 aliphatic heterocycles. The Labute approximate surface area is 125 Å². The van der Waals surface area contributed by atoms with Crippen molar-refractivity contribution in [3.8, 4) is 0 Å². The summed E-state index contributed by atoms with van der Waals surface area (Å²) in [5.74, 6) is -0.0820. The fourth-order valence-electron chi connectivity index (χ4n) is 1.73. The number of likely N-dealkylation sites (tertiary alicyclic amines) is 1. The quantitative estimate of drug-likeness (QED) is 0.460. The van der Waals surface area contributed by atoms with Gasteiger partial charge >= 0.3 is 5.97 Å². The van der Waals surface area contributed by atoms with Crippen LogP contribution in [-0.4, -0.2) is 64.4 Å². The monoisotopic (exact) mass is 344 g/mol. The lowest BCUT2D eigenvalue weighted by Gasteiger charge is -2.34. The van der Waals surface area contributed by atoms with E-state index in [0.717, 1.165) is 11.7 Å². The molecule has 0 spiro atoms. The van der Waals surface area contributed by atoms with Crippen LogP contribution in [0.5, 0.6) is 0 Å². The Bertz CT molecular complexity index is 456. The molecule has 20 heavy (non-hydrogen) atoms. The van der Waals surface area contributed by atoms with E-state index in [0.29, 0.717) is 26.1 Å². The van der Waals surface area contributed by atoms with Gasteiger partial charge in [-0.05, 0) is 13.3 Å². The van der Waals surface area contributed by atoms with Crippen molar-refractivity contribution in [2.45, 2.75) is 30.6 Å². The Balaban J connectivity index is 1.68. The molecule has 0 aromatic heterocycles. The summed E-state index contributed by atoms with van der Waals surface area (Å²) in [6.45, 7) is 3.69. The van der Waals surface area contributed by atoms with Crippen LogP contribution in [0.4, 0.5) is 0 Å². The number of carboxylic acid groups (broad SMARTS) is 1. The lowest BCUT2D eigenvalue weighted by molar-refractivity contribution is -0.137. The summed E-state index contributed by atoms with van der Waals surface area (Å²) in [6.07, 6.45) is 2.43. The van der Waals surface area contributed by atoms with Gasteiger partial charge in [0.05, 0.1) is 29.7 Å². The van der Waals surface area contributed by atoms with Crippen molar-refractivity contribution in [1.82, 2.24) is 4.90 Å². The molecule has 8 heteroatoms. The van der Waals surface area contributed by atoms with Crippen LogP contribution in [0.15, 0.2) is 15.1 Å². The van der Waals surface area contributed by atoms with E-state index in [4.69, 9.17) is 9.94 Å². The molecule has 0 bridgehead atoms. The number of oxime groups is 1. The second-order valence-corrected chi connectivity index (χ2v) is 5.79. The minimum Gasteiger partial charge on any atom is -0.481 e. The summed E-state index contributed by atoms with van der Waals surface area (Å²) < 4.78 is 0. The van der Waals surface area contributed by atoms with E-state index in [9.17, 15) is 4.79 Å². The first-order valence-corrected chi connectivity index (χ1v) is 7.38. The average Bonchev–Trinajstić information content (AvgIpc) is 2.34. The maximum Gasteiger partial charge on any atom is 0.303 e. The van der Waals surface area contributed by atoms with Crippen LogP contribution in [0.2, 0.25) is 0 Å². The van der Waals surface area contributed by atoms with Crippen molar-refractivity contribution in [2.24, 2.45) is 15.1 Å². The first-order chi connectivity index (χ1) is 9.56. The molecular formula is C12H17BrN4O3. The van der Waals surface area contributed by atoms with Gasteiger partial charge in [0.2, 0.25) is 5.96 Å². The molecule has 2 aliphatic rings. The predicted molar refractivity (Wildman–Crippen MR) is 79.9 cm³/mol. The SMILES string of the molecule is CC1N=C(N2CC(=NOCCCC(=O)O)C2)N=CC1Br. The van der Waals surface area contributed by atoms with E-state index in [-0.39, 0.29) is 17.3 Å². The van der Waals surface area contributed by atoms with Gasteiger partial charge in [-0.25, -0.2) is 9.98 Å². The first-order valence-electron chi connectivity index (χ1n) is 6.47. The van der Waals surface area contributed by atoms with Crippen molar-refractivity contribution in [1.29, 1.82) is 0 Å². The number of guanidine groups is 1. The fraction of sp³-hybridized carbons (Fsp3) is 0.667. The van der Waals surface area contributed by atoms with Gasteiger partial charge in [0, 0.05) is 12.6 Å². The van der Waals surface area contributed by atoms with E-state index in [1.165, 1.54) is 0 Å². The van der Waals surface area contributed by atoms with Crippen LogP contribution >= 0.6 is 15.9 Å². The molecule has 1 saturated heterocycles. The largest absolute Gasteiger partial charge is 0.481 e. The normalized spacial score (nSPS) is 25.0. The number of carboxylic acids is 1. The summed E-state index contributed by atoms with van der Waals surface area (Å²) in [7, 11) is 0. The number of rotatable bonds is 5. The Hall–Kier alpha value is -1.44. The molecule has 0 saturated carbocycles. The van der Waals surface area contributed by atoms with Crippen LogP contribution in [0.3, 0.4) is 0 Å². The molecule has 110 valence electrons. The summed E-state index contributed by atoms with van der Waals surface area (Å²) in [5, 5.41) is 12.4. The highest BCUT2D eigenvalue weighted by molar-refractivity contribution is 9.10. The number of alkyl halides is 1. The van der Waals surface area contributed by atoms with Crippen molar-refractivity contribution >= 4 is 39.8 Å². The van der Waals surface area contributed by atoms with E-state index in [1.54, 1.807) is 0 Å². The zero-order valence-electron chi connectivity index (χ0n) is 11.2. The Morgan fingerprint density at radius 2 is 2.40 bits per heavy atom. The van der Waals surface area contributed by atoms with Gasteiger partial charge in [0.15, 0.2) is 0 Å². The molecule has 2 rings (SSSR count). The molecule has 0 radical (unpaired) electrons. The van der Waals surface area contributed by atoms with Crippen molar-refractivity contribution in [3.63, 3.8) is 0 Å².